The zero-order valence-electron chi connectivity index (χ0n) is 19.4. The number of sulfonamides is 2. The first-order valence-corrected chi connectivity index (χ1v) is 16.9. The first kappa shape index (κ1) is 26.0. The van der Waals surface area contributed by atoms with Gasteiger partial charge in [-0.2, -0.15) is 0 Å². The van der Waals surface area contributed by atoms with Crippen molar-refractivity contribution in [3.8, 4) is 0 Å². The Kier molecular flexibility index (Phi) is 8.36. The molecule has 0 radical (unpaired) electrons. The fourth-order valence-electron chi connectivity index (χ4n) is 4.46. The summed E-state index contributed by atoms with van der Waals surface area (Å²) in [5.74, 6) is 0. The number of nitrogens with one attached hydrogen (secondary N) is 2. The molecule has 6 nitrogen and oxygen atoms in total. The second kappa shape index (κ2) is 10.9. The SMILES string of the molecule is Cc1ccc(S(=O)(=O)NC2CCCC2SS[C@@H]2CCC[C@H]2NS(=O)(=O)c2ccc(C)cc2)cc1. The number of aryl methyl sites for hydroxylation is 2. The summed E-state index contributed by atoms with van der Waals surface area (Å²) in [5, 5.41) is 0.334. The summed E-state index contributed by atoms with van der Waals surface area (Å²) in [7, 11) is -3.71. The predicted molar refractivity (Wildman–Crippen MR) is 141 cm³/mol. The molecular formula is C24H32N2O4S4. The molecule has 0 bridgehead atoms. The predicted octanol–water partition coefficient (Wildman–Crippen LogP) is 4.78. The first-order chi connectivity index (χ1) is 16.1. The van der Waals surface area contributed by atoms with Crippen molar-refractivity contribution in [2.75, 3.05) is 0 Å². The molecule has 0 amide bonds. The van der Waals surface area contributed by atoms with Crippen LogP contribution < -0.4 is 9.44 Å². The maximum absolute atomic E-state index is 12.9. The second-order valence-electron chi connectivity index (χ2n) is 9.21. The van der Waals surface area contributed by atoms with Crippen molar-refractivity contribution in [3.05, 3.63) is 59.7 Å². The molecule has 0 aliphatic heterocycles. The third-order valence-corrected chi connectivity index (χ3v) is 13.0. The molecule has 0 saturated heterocycles. The van der Waals surface area contributed by atoms with Gasteiger partial charge in [0.15, 0.2) is 0 Å². The lowest BCUT2D eigenvalue weighted by Crippen LogP contribution is -2.39. The number of hydrogen-bond donors (Lipinski definition) is 2. The van der Waals surface area contributed by atoms with Gasteiger partial charge >= 0.3 is 0 Å². The van der Waals surface area contributed by atoms with Crippen LogP contribution in [0.25, 0.3) is 0 Å². The van der Waals surface area contributed by atoms with Crippen LogP contribution in [-0.4, -0.2) is 39.4 Å². The molecule has 186 valence electrons. The molecule has 10 heteroatoms. The van der Waals surface area contributed by atoms with Gasteiger partial charge in [0.2, 0.25) is 20.0 Å². The van der Waals surface area contributed by atoms with Gasteiger partial charge in [0.25, 0.3) is 0 Å². The molecule has 2 saturated carbocycles. The first-order valence-electron chi connectivity index (χ1n) is 11.6. The molecule has 34 heavy (non-hydrogen) atoms. The van der Waals surface area contributed by atoms with Crippen LogP contribution in [-0.2, 0) is 20.0 Å². The summed E-state index contributed by atoms with van der Waals surface area (Å²) in [4.78, 5) is 0.588. The molecule has 0 spiro atoms. The molecule has 2 aliphatic rings. The highest BCUT2D eigenvalue weighted by Gasteiger charge is 2.36. The van der Waals surface area contributed by atoms with E-state index in [4.69, 9.17) is 0 Å². The molecular weight excluding hydrogens is 509 g/mol. The number of rotatable bonds is 9. The summed E-state index contributed by atoms with van der Waals surface area (Å²) in [6, 6.07) is 13.6. The fraction of sp³-hybridized carbons (Fsp3) is 0.500. The zero-order chi connectivity index (χ0) is 24.3. The van der Waals surface area contributed by atoms with Crippen molar-refractivity contribution in [1.29, 1.82) is 0 Å². The smallest absolute Gasteiger partial charge is 0.207 e. The van der Waals surface area contributed by atoms with Gasteiger partial charge in [-0.1, -0.05) is 69.8 Å². The lowest BCUT2D eigenvalue weighted by Gasteiger charge is -2.24. The van der Waals surface area contributed by atoms with Crippen LogP contribution in [0.1, 0.15) is 49.7 Å². The number of benzene rings is 2. The van der Waals surface area contributed by atoms with E-state index in [2.05, 4.69) is 9.44 Å². The minimum absolute atomic E-state index is 0.118. The molecule has 2 aliphatic carbocycles. The van der Waals surface area contributed by atoms with E-state index in [-0.39, 0.29) is 22.6 Å². The minimum Gasteiger partial charge on any atom is -0.207 e. The Hall–Kier alpha value is -1.04. The molecule has 0 aromatic heterocycles. The van der Waals surface area contributed by atoms with Gasteiger partial charge in [-0.25, -0.2) is 26.3 Å². The average Bonchev–Trinajstić information content (AvgIpc) is 3.41. The van der Waals surface area contributed by atoms with Crippen molar-refractivity contribution in [2.24, 2.45) is 0 Å². The van der Waals surface area contributed by atoms with Crippen LogP contribution >= 0.6 is 21.6 Å². The van der Waals surface area contributed by atoms with Crippen LogP contribution in [0.3, 0.4) is 0 Å². The highest BCUT2D eigenvalue weighted by molar-refractivity contribution is 8.77. The largest absolute Gasteiger partial charge is 0.240 e. The van der Waals surface area contributed by atoms with Gasteiger partial charge in [0.05, 0.1) is 9.79 Å². The summed E-state index contributed by atoms with van der Waals surface area (Å²) in [6.07, 6.45) is 5.49. The second-order valence-corrected chi connectivity index (χ2v) is 15.4. The van der Waals surface area contributed by atoms with Gasteiger partial charge < -0.3 is 0 Å². The highest BCUT2D eigenvalue weighted by atomic mass is 33.1. The maximum Gasteiger partial charge on any atom is 0.240 e. The lowest BCUT2D eigenvalue weighted by molar-refractivity contribution is 0.553. The number of hydrogen-bond acceptors (Lipinski definition) is 6. The maximum atomic E-state index is 12.9. The zero-order valence-corrected chi connectivity index (χ0v) is 22.7. The Morgan fingerprint density at radius 1 is 0.618 bits per heavy atom. The van der Waals surface area contributed by atoms with Crippen molar-refractivity contribution in [2.45, 2.75) is 84.7 Å². The van der Waals surface area contributed by atoms with E-state index in [9.17, 15) is 16.8 Å². The Labute approximate surface area is 211 Å². The standard InChI is InChI=1S/C24H32N2O4S4/c1-17-9-13-19(14-10-17)33(27,28)25-21-5-3-7-23(21)31-32-24-8-4-6-22(24)26-34(29,30)20-15-11-18(2)12-16-20/h9-16,21-26H,3-8H2,1-2H3/t21-,22?,23-,24?/m1/s1. The Bertz CT molecular complexity index is 1090. The summed E-state index contributed by atoms with van der Waals surface area (Å²) in [5.41, 5.74) is 2.04. The van der Waals surface area contributed by atoms with Gasteiger partial charge in [-0.3, -0.25) is 0 Å². The Morgan fingerprint density at radius 3 is 1.32 bits per heavy atom. The summed E-state index contributed by atoms with van der Waals surface area (Å²) in [6.45, 7) is 3.86. The minimum atomic E-state index is -3.56. The van der Waals surface area contributed by atoms with Crippen LogP contribution in [0.2, 0.25) is 0 Å². The van der Waals surface area contributed by atoms with Crippen LogP contribution in [0, 0.1) is 13.8 Å². The van der Waals surface area contributed by atoms with Crippen molar-refractivity contribution in [1.82, 2.24) is 9.44 Å². The van der Waals surface area contributed by atoms with E-state index in [1.54, 1.807) is 45.9 Å². The van der Waals surface area contributed by atoms with E-state index in [1.807, 2.05) is 38.1 Å². The van der Waals surface area contributed by atoms with E-state index in [1.165, 1.54) is 0 Å². The van der Waals surface area contributed by atoms with E-state index in [0.717, 1.165) is 49.7 Å². The Morgan fingerprint density at radius 2 is 0.971 bits per heavy atom. The van der Waals surface area contributed by atoms with Gasteiger partial charge in [0, 0.05) is 22.6 Å². The summed E-state index contributed by atoms with van der Waals surface area (Å²) < 4.78 is 57.3. The molecule has 2 N–H and O–H groups in total. The van der Waals surface area contributed by atoms with Crippen molar-refractivity contribution < 1.29 is 16.8 Å². The van der Waals surface area contributed by atoms with Gasteiger partial charge in [0.1, 0.15) is 0 Å². The third-order valence-electron chi connectivity index (χ3n) is 6.48. The monoisotopic (exact) mass is 540 g/mol. The van der Waals surface area contributed by atoms with Gasteiger partial charge in [-0.15, -0.1) is 0 Å². The fourth-order valence-corrected chi connectivity index (χ4v) is 11.0. The van der Waals surface area contributed by atoms with Crippen LogP contribution in [0.15, 0.2) is 58.3 Å². The molecule has 2 fully saturated rings. The molecule has 4 rings (SSSR count). The van der Waals surface area contributed by atoms with Crippen LogP contribution in [0.5, 0.6) is 0 Å². The molecule has 2 aromatic carbocycles. The molecule has 2 unspecified atom stereocenters. The Balaban J connectivity index is 1.35. The van der Waals surface area contributed by atoms with E-state index < -0.39 is 20.0 Å². The van der Waals surface area contributed by atoms with Crippen molar-refractivity contribution >= 4 is 41.6 Å². The topological polar surface area (TPSA) is 92.3 Å². The van der Waals surface area contributed by atoms with Crippen molar-refractivity contribution in [3.63, 3.8) is 0 Å². The average molecular weight is 541 g/mol. The highest BCUT2D eigenvalue weighted by Crippen LogP contribution is 2.44. The van der Waals surface area contributed by atoms with E-state index in [0.29, 0.717) is 9.79 Å². The van der Waals surface area contributed by atoms with Gasteiger partial charge in [-0.05, 0) is 63.8 Å². The molecule has 2 aromatic rings. The normalized spacial score (nSPS) is 25.6. The summed E-state index contributed by atoms with van der Waals surface area (Å²) >= 11 is 0. The molecule has 0 heterocycles. The van der Waals surface area contributed by atoms with Crippen LogP contribution in [0.4, 0.5) is 0 Å². The quantitative estimate of drug-likeness (QED) is 0.445. The molecule has 4 atom stereocenters. The van der Waals surface area contributed by atoms with E-state index >= 15 is 0 Å². The lowest BCUT2D eigenvalue weighted by atomic mass is 10.2. The third kappa shape index (κ3) is 6.39.